The first-order chi connectivity index (χ1) is 5.36. The Morgan fingerprint density at radius 3 is 2.91 bits per heavy atom. The van der Waals surface area contributed by atoms with Crippen molar-refractivity contribution in [2.75, 3.05) is 20.1 Å². The van der Waals surface area contributed by atoms with Crippen molar-refractivity contribution in [1.29, 1.82) is 0 Å². The van der Waals surface area contributed by atoms with Crippen LogP contribution in [0, 0.1) is 5.92 Å². The molecule has 1 rings (SSSR count). The van der Waals surface area contributed by atoms with Gasteiger partial charge < -0.3 is 0 Å². The number of nitrogens with zero attached hydrogens (tertiary/aromatic N) is 1. The first-order valence-electron chi connectivity index (χ1n) is 4.79. The molecule has 1 aliphatic rings. The Morgan fingerprint density at radius 2 is 2.36 bits per heavy atom. The topological polar surface area (TPSA) is 15.3 Å². The van der Waals surface area contributed by atoms with E-state index in [0.29, 0.717) is 0 Å². The number of hydrazine groups is 1. The molecule has 0 aliphatic carbocycles. The van der Waals surface area contributed by atoms with E-state index in [0.717, 1.165) is 5.92 Å². The Kier molecular flexibility index (Phi) is 3.87. The summed E-state index contributed by atoms with van der Waals surface area (Å²) in [4.78, 5) is 0. The molecule has 1 atom stereocenters. The molecule has 2 heteroatoms. The average molecular weight is 156 g/mol. The summed E-state index contributed by atoms with van der Waals surface area (Å²) in [6.07, 6.45) is 5.56. The molecule has 1 aliphatic heterocycles. The normalized spacial score (nSPS) is 26.2. The van der Waals surface area contributed by atoms with Gasteiger partial charge in [-0.2, -0.15) is 0 Å². The Labute approximate surface area is 69.9 Å². The molecule has 1 fully saturated rings. The van der Waals surface area contributed by atoms with Gasteiger partial charge in [0.2, 0.25) is 0 Å². The summed E-state index contributed by atoms with van der Waals surface area (Å²) in [7, 11) is 2.02. The van der Waals surface area contributed by atoms with Crippen LogP contribution in [0.2, 0.25) is 0 Å². The maximum atomic E-state index is 3.20. The standard InChI is InChI=1S/C9H20N2/c1-3-4-5-9-6-7-11(8-9)10-2/h9-10H,3-8H2,1-2H3. The average Bonchev–Trinajstić information content (AvgIpc) is 2.48. The highest BCUT2D eigenvalue weighted by atomic mass is 15.5. The van der Waals surface area contributed by atoms with Crippen LogP contribution in [0.15, 0.2) is 0 Å². The molecule has 0 radical (unpaired) electrons. The summed E-state index contributed by atoms with van der Waals surface area (Å²) in [6.45, 7) is 4.77. The van der Waals surface area contributed by atoms with E-state index in [1.807, 2.05) is 7.05 Å². The van der Waals surface area contributed by atoms with Crippen LogP contribution in [0.25, 0.3) is 0 Å². The lowest BCUT2D eigenvalue weighted by atomic mass is 10.0. The largest absolute Gasteiger partial charge is 0.258 e. The number of unbranched alkanes of at least 4 members (excludes halogenated alkanes) is 1. The number of hydrogen-bond donors (Lipinski definition) is 1. The molecular formula is C9H20N2. The number of hydrogen-bond acceptors (Lipinski definition) is 2. The lowest BCUT2D eigenvalue weighted by Crippen LogP contribution is -2.32. The minimum absolute atomic E-state index is 0.961. The van der Waals surface area contributed by atoms with Crippen molar-refractivity contribution in [2.45, 2.75) is 32.6 Å². The quantitative estimate of drug-likeness (QED) is 0.665. The summed E-state index contributed by atoms with van der Waals surface area (Å²) < 4.78 is 0. The van der Waals surface area contributed by atoms with Crippen molar-refractivity contribution in [2.24, 2.45) is 5.92 Å². The minimum atomic E-state index is 0.961. The molecule has 11 heavy (non-hydrogen) atoms. The zero-order valence-corrected chi connectivity index (χ0v) is 7.77. The Bertz CT molecular complexity index is 104. The Balaban J connectivity index is 2.09. The van der Waals surface area contributed by atoms with E-state index >= 15 is 0 Å². The van der Waals surface area contributed by atoms with Crippen molar-refractivity contribution < 1.29 is 0 Å². The van der Waals surface area contributed by atoms with E-state index in [4.69, 9.17) is 0 Å². The zero-order chi connectivity index (χ0) is 8.10. The second-order valence-corrected chi connectivity index (χ2v) is 3.47. The predicted molar refractivity (Wildman–Crippen MR) is 48.3 cm³/mol. The van der Waals surface area contributed by atoms with Gasteiger partial charge in [-0.3, -0.25) is 5.43 Å². The molecule has 1 heterocycles. The minimum Gasteiger partial charge on any atom is -0.258 e. The molecular weight excluding hydrogens is 136 g/mol. The Morgan fingerprint density at radius 1 is 1.55 bits per heavy atom. The van der Waals surface area contributed by atoms with Crippen molar-refractivity contribution in [3.05, 3.63) is 0 Å². The molecule has 0 saturated carbocycles. The monoisotopic (exact) mass is 156 g/mol. The van der Waals surface area contributed by atoms with Crippen molar-refractivity contribution in [3.8, 4) is 0 Å². The van der Waals surface area contributed by atoms with Crippen LogP contribution in [0.3, 0.4) is 0 Å². The number of nitrogens with one attached hydrogen (secondary N) is 1. The molecule has 0 bridgehead atoms. The smallest absolute Gasteiger partial charge is 0.0159 e. The van der Waals surface area contributed by atoms with Crippen LogP contribution < -0.4 is 5.43 Å². The fourth-order valence-electron chi connectivity index (χ4n) is 1.76. The van der Waals surface area contributed by atoms with Gasteiger partial charge in [0.05, 0.1) is 0 Å². The molecule has 0 aromatic heterocycles. The van der Waals surface area contributed by atoms with Gasteiger partial charge in [0.25, 0.3) is 0 Å². The highest BCUT2D eigenvalue weighted by molar-refractivity contribution is 4.72. The van der Waals surface area contributed by atoms with Crippen molar-refractivity contribution >= 4 is 0 Å². The third-order valence-electron chi connectivity index (χ3n) is 2.57. The molecule has 1 unspecified atom stereocenters. The predicted octanol–water partition coefficient (Wildman–Crippen LogP) is 1.63. The van der Waals surface area contributed by atoms with E-state index in [-0.39, 0.29) is 0 Å². The molecule has 66 valence electrons. The van der Waals surface area contributed by atoms with Crippen molar-refractivity contribution in [3.63, 3.8) is 0 Å². The van der Waals surface area contributed by atoms with E-state index < -0.39 is 0 Å². The summed E-state index contributed by atoms with van der Waals surface area (Å²) in [5.41, 5.74) is 3.20. The molecule has 1 N–H and O–H groups in total. The summed E-state index contributed by atoms with van der Waals surface area (Å²) in [5.74, 6) is 0.961. The van der Waals surface area contributed by atoms with E-state index in [2.05, 4.69) is 17.4 Å². The fraction of sp³-hybridized carbons (Fsp3) is 1.00. The third-order valence-corrected chi connectivity index (χ3v) is 2.57. The van der Waals surface area contributed by atoms with Gasteiger partial charge in [-0.15, -0.1) is 0 Å². The van der Waals surface area contributed by atoms with Crippen LogP contribution in [-0.2, 0) is 0 Å². The van der Waals surface area contributed by atoms with E-state index in [1.165, 1.54) is 38.8 Å². The maximum Gasteiger partial charge on any atom is 0.0159 e. The second kappa shape index (κ2) is 4.73. The van der Waals surface area contributed by atoms with Crippen LogP contribution in [0.1, 0.15) is 32.6 Å². The van der Waals surface area contributed by atoms with Gasteiger partial charge in [0.15, 0.2) is 0 Å². The second-order valence-electron chi connectivity index (χ2n) is 3.47. The van der Waals surface area contributed by atoms with Crippen LogP contribution in [0.5, 0.6) is 0 Å². The van der Waals surface area contributed by atoms with Gasteiger partial charge >= 0.3 is 0 Å². The molecule has 0 aromatic carbocycles. The van der Waals surface area contributed by atoms with Crippen LogP contribution in [-0.4, -0.2) is 25.1 Å². The van der Waals surface area contributed by atoms with E-state index in [1.54, 1.807) is 0 Å². The lowest BCUT2D eigenvalue weighted by molar-refractivity contribution is 0.248. The number of rotatable bonds is 4. The van der Waals surface area contributed by atoms with Gasteiger partial charge in [0, 0.05) is 13.1 Å². The van der Waals surface area contributed by atoms with Gasteiger partial charge in [0.1, 0.15) is 0 Å². The van der Waals surface area contributed by atoms with Gasteiger partial charge in [-0.25, -0.2) is 5.01 Å². The summed E-state index contributed by atoms with van der Waals surface area (Å²) in [5, 5.41) is 2.32. The SMILES string of the molecule is CCCCC1CCN(NC)C1. The summed E-state index contributed by atoms with van der Waals surface area (Å²) >= 11 is 0. The summed E-state index contributed by atoms with van der Waals surface area (Å²) in [6, 6.07) is 0. The third kappa shape index (κ3) is 2.80. The molecule has 0 spiro atoms. The first-order valence-corrected chi connectivity index (χ1v) is 4.79. The first kappa shape index (κ1) is 9.01. The van der Waals surface area contributed by atoms with Crippen molar-refractivity contribution in [1.82, 2.24) is 10.4 Å². The highest BCUT2D eigenvalue weighted by Gasteiger charge is 2.19. The molecule has 1 saturated heterocycles. The zero-order valence-electron chi connectivity index (χ0n) is 7.77. The fourth-order valence-corrected chi connectivity index (χ4v) is 1.76. The maximum absolute atomic E-state index is 3.20. The van der Waals surface area contributed by atoms with Gasteiger partial charge in [-0.05, 0) is 25.8 Å². The van der Waals surface area contributed by atoms with E-state index in [9.17, 15) is 0 Å². The highest BCUT2D eigenvalue weighted by Crippen LogP contribution is 2.19. The van der Waals surface area contributed by atoms with Crippen LogP contribution >= 0.6 is 0 Å². The molecule has 0 amide bonds. The van der Waals surface area contributed by atoms with Crippen LogP contribution in [0.4, 0.5) is 0 Å². The molecule has 2 nitrogen and oxygen atoms in total. The lowest BCUT2D eigenvalue weighted by Gasteiger charge is -2.13. The van der Waals surface area contributed by atoms with Gasteiger partial charge in [-0.1, -0.05) is 19.8 Å². The Hall–Kier alpha value is -0.0800. The molecule has 0 aromatic rings.